The van der Waals surface area contributed by atoms with Crippen LogP contribution in [-0.4, -0.2) is 45.6 Å². The maximum atomic E-state index is 12.7. The molecule has 5 nitrogen and oxygen atoms in total. The van der Waals surface area contributed by atoms with E-state index < -0.39 is 10.0 Å². The molecule has 0 aromatic heterocycles. The Balaban J connectivity index is 1.84. The first kappa shape index (κ1) is 17.2. The van der Waals surface area contributed by atoms with Crippen molar-refractivity contribution in [1.82, 2.24) is 4.31 Å². The number of hydrogen-bond acceptors (Lipinski definition) is 4. The summed E-state index contributed by atoms with van der Waals surface area (Å²) in [7, 11) is -3.46. The third kappa shape index (κ3) is 3.71. The predicted octanol–water partition coefficient (Wildman–Crippen LogP) is 3.04. The smallest absolute Gasteiger partial charge is 0.243 e. The number of sulfonamides is 1. The molecule has 6 heteroatoms. The van der Waals surface area contributed by atoms with Crippen LogP contribution in [0.2, 0.25) is 0 Å². The minimum absolute atomic E-state index is 0.330. The highest BCUT2D eigenvalue weighted by molar-refractivity contribution is 7.89. The lowest BCUT2D eigenvalue weighted by molar-refractivity contribution is 0.0730. The van der Waals surface area contributed by atoms with E-state index in [-0.39, 0.29) is 0 Å². The molecule has 0 atom stereocenters. The minimum Gasteiger partial charge on any atom is -0.494 e. The quantitative estimate of drug-likeness (QED) is 0.752. The molecule has 0 aliphatic carbocycles. The van der Waals surface area contributed by atoms with Gasteiger partial charge in [-0.2, -0.15) is 4.31 Å². The van der Waals surface area contributed by atoms with E-state index in [1.165, 1.54) is 4.31 Å². The molecule has 1 aliphatic rings. The van der Waals surface area contributed by atoms with Gasteiger partial charge in [-0.05, 0) is 41.5 Å². The molecule has 24 heavy (non-hydrogen) atoms. The molecule has 1 aliphatic heterocycles. The third-order valence-corrected chi connectivity index (χ3v) is 6.05. The molecule has 0 unspecified atom stereocenters. The van der Waals surface area contributed by atoms with Gasteiger partial charge >= 0.3 is 0 Å². The maximum absolute atomic E-state index is 12.7. The number of ether oxygens (including phenoxy) is 2. The summed E-state index contributed by atoms with van der Waals surface area (Å²) >= 11 is 0. The topological polar surface area (TPSA) is 55.8 Å². The Kier molecular flexibility index (Phi) is 5.38. The van der Waals surface area contributed by atoms with Crippen molar-refractivity contribution in [2.24, 2.45) is 0 Å². The fraction of sp³-hybridized carbons (Fsp3) is 0.444. The minimum atomic E-state index is -3.46. The number of rotatable bonds is 6. The lowest BCUT2D eigenvalue weighted by Gasteiger charge is -2.26. The van der Waals surface area contributed by atoms with Crippen LogP contribution in [0.3, 0.4) is 0 Å². The van der Waals surface area contributed by atoms with E-state index in [2.05, 4.69) is 6.92 Å². The van der Waals surface area contributed by atoms with E-state index in [1.54, 1.807) is 12.1 Å². The zero-order valence-corrected chi connectivity index (χ0v) is 14.7. The fourth-order valence-electron chi connectivity index (χ4n) is 2.72. The van der Waals surface area contributed by atoms with Crippen LogP contribution in [0, 0.1) is 0 Å². The number of fused-ring (bicyclic) bond motifs is 1. The molecule has 2 aromatic carbocycles. The second kappa shape index (κ2) is 7.51. The van der Waals surface area contributed by atoms with Crippen molar-refractivity contribution in [3.05, 3.63) is 36.4 Å². The van der Waals surface area contributed by atoms with Gasteiger partial charge in [0.1, 0.15) is 5.75 Å². The molecule has 0 saturated carbocycles. The Morgan fingerprint density at radius 3 is 2.54 bits per heavy atom. The Bertz CT molecular complexity index is 798. The van der Waals surface area contributed by atoms with E-state index >= 15 is 0 Å². The van der Waals surface area contributed by atoms with Crippen molar-refractivity contribution in [1.29, 1.82) is 0 Å². The van der Waals surface area contributed by atoms with Gasteiger partial charge < -0.3 is 9.47 Å². The van der Waals surface area contributed by atoms with Crippen LogP contribution in [0.15, 0.2) is 41.3 Å². The number of nitrogens with zero attached hydrogens (tertiary/aromatic N) is 1. The van der Waals surface area contributed by atoms with Gasteiger partial charge in [0.15, 0.2) is 0 Å². The highest BCUT2D eigenvalue weighted by Gasteiger charge is 2.26. The van der Waals surface area contributed by atoms with Gasteiger partial charge in [-0.25, -0.2) is 8.42 Å². The molecule has 0 spiro atoms. The van der Waals surface area contributed by atoms with Crippen LogP contribution in [0.5, 0.6) is 5.75 Å². The van der Waals surface area contributed by atoms with Gasteiger partial charge in [-0.3, -0.25) is 0 Å². The maximum Gasteiger partial charge on any atom is 0.243 e. The average molecular weight is 349 g/mol. The summed E-state index contributed by atoms with van der Waals surface area (Å²) in [6.07, 6.45) is 2.12. The summed E-state index contributed by atoms with van der Waals surface area (Å²) in [6.45, 7) is 4.54. The predicted molar refractivity (Wildman–Crippen MR) is 93.9 cm³/mol. The van der Waals surface area contributed by atoms with Crippen LogP contribution in [0.25, 0.3) is 10.8 Å². The first-order valence-electron chi connectivity index (χ1n) is 8.36. The number of hydrogen-bond donors (Lipinski definition) is 0. The van der Waals surface area contributed by atoms with E-state index in [4.69, 9.17) is 9.47 Å². The van der Waals surface area contributed by atoms with Crippen molar-refractivity contribution in [2.75, 3.05) is 32.9 Å². The van der Waals surface area contributed by atoms with Gasteiger partial charge in [0.05, 0.1) is 24.7 Å². The van der Waals surface area contributed by atoms with Crippen molar-refractivity contribution in [3.8, 4) is 5.75 Å². The van der Waals surface area contributed by atoms with Crippen LogP contribution in [0.1, 0.15) is 19.8 Å². The number of unbranched alkanes of at least 4 members (excludes halogenated alkanes) is 1. The van der Waals surface area contributed by atoms with E-state index in [0.717, 1.165) is 29.4 Å². The molecule has 1 heterocycles. The third-order valence-electron chi connectivity index (χ3n) is 4.16. The van der Waals surface area contributed by atoms with Gasteiger partial charge in [0.2, 0.25) is 10.0 Å². The molecule has 0 bridgehead atoms. The lowest BCUT2D eigenvalue weighted by Crippen LogP contribution is -2.40. The van der Waals surface area contributed by atoms with Gasteiger partial charge in [0, 0.05) is 13.1 Å². The van der Waals surface area contributed by atoms with Crippen molar-refractivity contribution in [2.45, 2.75) is 24.7 Å². The molecule has 1 saturated heterocycles. The monoisotopic (exact) mass is 349 g/mol. The zero-order valence-electron chi connectivity index (χ0n) is 13.9. The summed E-state index contributed by atoms with van der Waals surface area (Å²) in [5.74, 6) is 0.819. The Hall–Kier alpha value is -1.63. The van der Waals surface area contributed by atoms with Crippen LogP contribution in [-0.2, 0) is 14.8 Å². The lowest BCUT2D eigenvalue weighted by atomic mass is 10.1. The summed E-state index contributed by atoms with van der Waals surface area (Å²) < 4.78 is 37.9. The Morgan fingerprint density at radius 2 is 1.79 bits per heavy atom. The molecule has 1 fully saturated rings. The SMILES string of the molecule is CCCCOc1ccc2cc(S(=O)(=O)N3CCOCC3)ccc2c1. The zero-order chi connectivity index (χ0) is 17.0. The average Bonchev–Trinajstić information content (AvgIpc) is 2.62. The molecular weight excluding hydrogens is 326 g/mol. The van der Waals surface area contributed by atoms with E-state index in [0.29, 0.717) is 37.8 Å². The van der Waals surface area contributed by atoms with Gasteiger partial charge in [-0.1, -0.05) is 25.5 Å². The molecule has 2 aromatic rings. The number of benzene rings is 2. The highest BCUT2D eigenvalue weighted by Crippen LogP contribution is 2.26. The van der Waals surface area contributed by atoms with E-state index in [9.17, 15) is 8.42 Å². The first-order valence-corrected chi connectivity index (χ1v) is 9.80. The summed E-state index contributed by atoms with van der Waals surface area (Å²) in [6, 6.07) is 11.0. The normalized spacial score (nSPS) is 16.4. The molecule has 0 N–H and O–H groups in total. The van der Waals surface area contributed by atoms with Crippen molar-refractivity contribution >= 4 is 20.8 Å². The Morgan fingerprint density at radius 1 is 1.08 bits per heavy atom. The second-order valence-electron chi connectivity index (χ2n) is 5.89. The van der Waals surface area contributed by atoms with Crippen molar-refractivity contribution < 1.29 is 17.9 Å². The number of morpholine rings is 1. The summed E-state index contributed by atoms with van der Waals surface area (Å²) in [4.78, 5) is 0.330. The molecular formula is C18H23NO4S. The van der Waals surface area contributed by atoms with Crippen LogP contribution < -0.4 is 4.74 Å². The largest absolute Gasteiger partial charge is 0.494 e. The molecule has 0 radical (unpaired) electrons. The molecule has 130 valence electrons. The van der Waals surface area contributed by atoms with Crippen LogP contribution >= 0.6 is 0 Å². The highest BCUT2D eigenvalue weighted by atomic mass is 32.2. The van der Waals surface area contributed by atoms with Gasteiger partial charge in [-0.15, -0.1) is 0 Å². The van der Waals surface area contributed by atoms with Crippen molar-refractivity contribution in [3.63, 3.8) is 0 Å². The Labute approximate surface area is 143 Å². The summed E-state index contributed by atoms with van der Waals surface area (Å²) in [5.41, 5.74) is 0. The first-order chi connectivity index (χ1) is 11.6. The molecule has 0 amide bonds. The van der Waals surface area contributed by atoms with Crippen LogP contribution in [0.4, 0.5) is 0 Å². The molecule has 3 rings (SSSR count). The standard InChI is InChI=1S/C18H23NO4S/c1-2-3-10-23-17-6-4-16-14-18(7-5-15(16)13-17)24(20,21)19-8-11-22-12-9-19/h4-7,13-14H,2-3,8-12H2,1H3. The second-order valence-corrected chi connectivity index (χ2v) is 7.83. The van der Waals surface area contributed by atoms with Gasteiger partial charge in [0.25, 0.3) is 0 Å². The van der Waals surface area contributed by atoms with E-state index in [1.807, 2.05) is 24.3 Å². The fourth-order valence-corrected chi connectivity index (χ4v) is 4.17. The summed E-state index contributed by atoms with van der Waals surface area (Å²) in [5, 5.41) is 1.87.